The van der Waals surface area contributed by atoms with Gasteiger partial charge in [0.05, 0.1) is 17.6 Å². The number of benzene rings is 3. The second-order valence-electron chi connectivity index (χ2n) is 8.11. The molecule has 0 aliphatic rings. The summed E-state index contributed by atoms with van der Waals surface area (Å²) in [6, 6.07) is 20.1. The van der Waals surface area contributed by atoms with Gasteiger partial charge in [-0.1, -0.05) is 54.2 Å². The van der Waals surface area contributed by atoms with Gasteiger partial charge >= 0.3 is 5.97 Å². The summed E-state index contributed by atoms with van der Waals surface area (Å²) in [6.45, 7) is 3.67. The third-order valence-corrected chi connectivity index (χ3v) is 6.59. The molecule has 0 fully saturated rings. The van der Waals surface area contributed by atoms with Crippen molar-refractivity contribution in [1.29, 1.82) is 5.41 Å². The van der Waals surface area contributed by atoms with Gasteiger partial charge in [-0.3, -0.25) is 19.9 Å². The van der Waals surface area contributed by atoms with Crippen LogP contribution in [-0.4, -0.2) is 40.8 Å². The zero-order valence-electron chi connectivity index (χ0n) is 20.1. The van der Waals surface area contributed by atoms with E-state index in [4.69, 9.17) is 20.9 Å². The van der Waals surface area contributed by atoms with E-state index in [-0.39, 0.29) is 24.9 Å². The van der Waals surface area contributed by atoms with Gasteiger partial charge in [-0.15, -0.1) is 0 Å². The lowest BCUT2D eigenvalue weighted by molar-refractivity contribution is -0.141. The SMILES string of the molecule is CCOC(=O)CN(C(=O)c1ccccc1)c1ccc2[nH]c(SCc3ccc(C(=N)N)cc3)nc2c1C. The Morgan fingerprint density at radius 2 is 1.78 bits per heavy atom. The summed E-state index contributed by atoms with van der Waals surface area (Å²) >= 11 is 1.55. The van der Waals surface area contributed by atoms with Crippen LogP contribution >= 0.6 is 11.8 Å². The third kappa shape index (κ3) is 5.58. The Hall–Kier alpha value is -4.11. The number of rotatable bonds is 9. The number of nitrogens with one attached hydrogen (secondary N) is 2. The molecule has 0 aliphatic carbocycles. The number of H-pyrrole nitrogens is 1. The van der Waals surface area contributed by atoms with Gasteiger partial charge in [-0.25, -0.2) is 4.98 Å². The smallest absolute Gasteiger partial charge is 0.326 e. The average Bonchev–Trinajstić information content (AvgIpc) is 3.31. The summed E-state index contributed by atoms with van der Waals surface area (Å²) < 4.78 is 5.13. The van der Waals surface area contributed by atoms with Gasteiger partial charge in [0.1, 0.15) is 12.4 Å². The second kappa shape index (κ2) is 11.1. The largest absolute Gasteiger partial charge is 0.465 e. The zero-order chi connectivity index (χ0) is 25.7. The van der Waals surface area contributed by atoms with Crippen molar-refractivity contribution in [2.75, 3.05) is 18.1 Å². The van der Waals surface area contributed by atoms with Crippen LogP contribution in [0.25, 0.3) is 11.0 Å². The van der Waals surface area contributed by atoms with Gasteiger partial charge in [0.15, 0.2) is 5.16 Å². The molecule has 36 heavy (non-hydrogen) atoms. The van der Waals surface area contributed by atoms with E-state index in [9.17, 15) is 9.59 Å². The standard InChI is InChI=1S/C27H27N5O3S/c1-3-35-23(33)15-32(26(34)20-7-5-4-6-8-20)22-14-13-21-24(17(22)2)31-27(30-21)36-16-18-9-11-19(12-10-18)25(28)29/h4-14H,3,15-16H2,1-2H3,(H3,28,29)(H,30,31). The molecule has 0 bridgehead atoms. The number of aromatic amines is 1. The minimum Gasteiger partial charge on any atom is -0.465 e. The van der Waals surface area contributed by atoms with Gasteiger partial charge in [0, 0.05) is 28.1 Å². The number of nitrogens with two attached hydrogens (primary N) is 1. The maximum absolute atomic E-state index is 13.4. The highest BCUT2D eigenvalue weighted by Gasteiger charge is 2.24. The predicted octanol–water partition coefficient (Wildman–Crippen LogP) is 4.66. The zero-order valence-corrected chi connectivity index (χ0v) is 20.9. The first-order valence-corrected chi connectivity index (χ1v) is 12.4. The first-order chi connectivity index (χ1) is 17.4. The molecular weight excluding hydrogens is 474 g/mol. The lowest BCUT2D eigenvalue weighted by atomic mass is 10.1. The molecule has 1 heterocycles. The highest BCUT2D eigenvalue weighted by Crippen LogP contribution is 2.31. The molecule has 3 aromatic carbocycles. The number of amides is 1. The molecule has 0 unspecified atom stereocenters. The van der Waals surface area contributed by atoms with Crippen LogP contribution < -0.4 is 10.6 Å². The van der Waals surface area contributed by atoms with Crippen LogP contribution in [0, 0.1) is 12.3 Å². The van der Waals surface area contributed by atoms with E-state index in [0.29, 0.717) is 22.6 Å². The van der Waals surface area contributed by atoms with Crippen molar-refractivity contribution in [2.45, 2.75) is 24.8 Å². The lowest BCUT2D eigenvalue weighted by Crippen LogP contribution is -2.37. The van der Waals surface area contributed by atoms with Crippen LogP contribution in [0.3, 0.4) is 0 Å². The fourth-order valence-electron chi connectivity index (χ4n) is 3.81. The molecule has 0 spiro atoms. The number of carbonyl (C=O) groups excluding carboxylic acids is 2. The van der Waals surface area contributed by atoms with Crippen LogP contribution in [0.15, 0.2) is 71.9 Å². The van der Waals surface area contributed by atoms with Crippen molar-refractivity contribution in [2.24, 2.45) is 5.73 Å². The van der Waals surface area contributed by atoms with Gasteiger partial charge in [0.25, 0.3) is 5.91 Å². The highest BCUT2D eigenvalue weighted by atomic mass is 32.2. The van der Waals surface area contributed by atoms with E-state index in [1.165, 1.54) is 4.90 Å². The Morgan fingerprint density at radius 3 is 2.44 bits per heavy atom. The number of imidazole rings is 1. The molecule has 0 aliphatic heterocycles. The van der Waals surface area contributed by atoms with Gasteiger partial charge in [-0.2, -0.15) is 0 Å². The highest BCUT2D eigenvalue weighted by molar-refractivity contribution is 7.98. The quantitative estimate of drug-likeness (QED) is 0.133. The van der Waals surface area contributed by atoms with E-state index in [1.54, 1.807) is 43.0 Å². The normalized spacial score (nSPS) is 10.8. The van der Waals surface area contributed by atoms with Crippen LogP contribution in [0.4, 0.5) is 5.69 Å². The molecule has 0 radical (unpaired) electrons. The predicted molar refractivity (Wildman–Crippen MR) is 143 cm³/mol. The molecule has 0 saturated carbocycles. The Morgan fingerprint density at radius 1 is 1.06 bits per heavy atom. The molecule has 1 amide bonds. The number of aromatic nitrogens is 2. The third-order valence-electron chi connectivity index (χ3n) is 5.65. The average molecular weight is 502 g/mol. The lowest BCUT2D eigenvalue weighted by Gasteiger charge is -2.24. The molecule has 9 heteroatoms. The first-order valence-electron chi connectivity index (χ1n) is 11.5. The molecule has 4 rings (SSSR count). The van der Waals surface area contributed by atoms with E-state index in [2.05, 4.69) is 4.98 Å². The van der Waals surface area contributed by atoms with Crippen LogP contribution in [0.1, 0.15) is 34.0 Å². The van der Waals surface area contributed by atoms with E-state index in [0.717, 1.165) is 27.3 Å². The maximum Gasteiger partial charge on any atom is 0.326 e. The minimum absolute atomic E-state index is 0.0421. The second-order valence-corrected chi connectivity index (χ2v) is 9.07. The van der Waals surface area contributed by atoms with Gasteiger partial charge < -0.3 is 15.5 Å². The number of nitrogen functional groups attached to an aromatic ring is 1. The molecule has 8 nitrogen and oxygen atoms in total. The van der Waals surface area contributed by atoms with Gasteiger partial charge in [0.2, 0.25) is 0 Å². The molecule has 0 saturated heterocycles. The molecule has 4 aromatic rings. The summed E-state index contributed by atoms with van der Waals surface area (Å²) in [5, 5.41) is 8.26. The van der Waals surface area contributed by atoms with E-state index < -0.39 is 5.97 Å². The van der Waals surface area contributed by atoms with Gasteiger partial charge in [-0.05, 0) is 43.7 Å². The fraction of sp³-hybridized carbons (Fsp3) is 0.185. The van der Waals surface area contributed by atoms with Crippen molar-refractivity contribution < 1.29 is 14.3 Å². The molecule has 184 valence electrons. The summed E-state index contributed by atoms with van der Waals surface area (Å²) in [4.78, 5) is 35.3. The number of anilines is 1. The van der Waals surface area contributed by atoms with E-state index in [1.807, 2.05) is 49.4 Å². The Bertz CT molecular complexity index is 1400. The van der Waals surface area contributed by atoms with Crippen LogP contribution in [0.5, 0.6) is 0 Å². The van der Waals surface area contributed by atoms with Crippen LogP contribution in [0.2, 0.25) is 0 Å². The molecule has 0 atom stereocenters. The van der Waals surface area contributed by atoms with Crippen molar-refractivity contribution in [1.82, 2.24) is 9.97 Å². The number of nitrogens with zero attached hydrogens (tertiary/aromatic N) is 2. The number of hydrogen-bond acceptors (Lipinski definition) is 6. The van der Waals surface area contributed by atoms with Crippen LogP contribution in [-0.2, 0) is 15.3 Å². The minimum atomic E-state index is -0.477. The maximum atomic E-state index is 13.4. The number of amidine groups is 1. The monoisotopic (exact) mass is 501 g/mol. The van der Waals surface area contributed by atoms with Crippen molar-refractivity contribution in [3.8, 4) is 0 Å². The Kier molecular flexibility index (Phi) is 7.70. The number of thioether (sulfide) groups is 1. The first kappa shape index (κ1) is 25.0. The van der Waals surface area contributed by atoms with Crippen molar-refractivity contribution >= 4 is 46.2 Å². The molecule has 1 aromatic heterocycles. The Labute approximate surface area is 213 Å². The summed E-state index contributed by atoms with van der Waals surface area (Å²) in [7, 11) is 0. The molecular formula is C27H27N5O3S. The summed E-state index contributed by atoms with van der Waals surface area (Å²) in [5.74, 6) is -0.0353. The molecule has 4 N–H and O–H groups in total. The van der Waals surface area contributed by atoms with Crippen molar-refractivity contribution in [3.63, 3.8) is 0 Å². The Balaban J connectivity index is 1.61. The summed E-state index contributed by atoms with van der Waals surface area (Å²) in [6.07, 6.45) is 0. The van der Waals surface area contributed by atoms with Crippen molar-refractivity contribution in [3.05, 3.63) is 89.0 Å². The number of esters is 1. The number of hydrogen-bond donors (Lipinski definition) is 3. The number of carbonyl (C=O) groups is 2. The topological polar surface area (TPSA) is 125 Å². The number of aryl methyl sites for hydroxylation is 1. The number of ether oxygens (including phenoxy) is 1. The fourth-order valence-corrected chi connectivity index (χ4v) is 4.64. The summed E-state index contributed by atoms with van der Waals surface area (Å²) in [5.41, 5.74) is 10.7. The number of fused-ring (bicyclic) bond motifs is 1. The van der Waals surface area contributed by atoms with E-state index >= 15 is 0 Å².